The van der Waals surface area contributed by atoms with Crippen molar-refractivity contribution in [3.63, 3.8) is 0 Å². The van der Waals surface area contributed by atoms with Crippen LogP contribution in [0.2, 0.25) is 0 Å². The second-order valence-electron chi connectivity index (χ2n) is 7.00. The first-order chi connectivity index (χ1) is 6.98. The molecule has 15 heavy (non-hydrogen) atoms. The normalized spacial score (nSPS) is 47.2. The number of hydrogen-bond acceptors (Lipinski definition) is 0. The van der Waals surface area contributed by atoms with Gasteiger partial charge in [-0.2, -0.15) is 0 Å². The molecule has 0 N–H and O–H groups in total. The Morgan fingerprint density at radius 2 is 1.93 bits per heavy atom. The molecule has 1 spiro atoms. The maximum absolute atomic E-state index is 2.51. The third-order valence-electron chi connectivity index (χ3n) is 5.96. The summed E-state index contributed by atoms with van der Waals surface area (Å²) >= 11 is 0. The molecule has 3 aliphatic carbocycles. The zero-order valence-corrected chi connectivity index (χ0v) is 10.7. The monoisotopic (exact) mass is 204 g/mol. The van der Waals surface area contributed by atoms with Crippen molar-refractivity contribution in [1.29, 1.82) is 0 Å². The lowest BCUT2D eigenvalue weighted by molar-refractivity contribution is 0.141. The van der Waals surface area contributed by atoms with E-state index in [2.05, 4.69) is 27.7 Å². The fraction of sp³-hybridized carbons (Fsp3) is 0.867. The average molecular weight is 204 g/mol. The van der Waals surface area contributed by atoms with Gasteiger partial charge in [-0.05, 0) is 61.7 Å². The van der Waals surface area contributed by atoms with Crippen molar-refractivity contribution < 1.29 is 0 Å². The SMILES string of the molecule is CC1=C2CC(C)(C)C3CCC(C)C23CC1. The Balaban J connectivity index is 2.15. The molecule has 0 aromatic carbocycles. The summed E-state index contributed by atoms with van der Waals surface area (Å²) in [6, 6.07) is 0. The van der Waals surface area contributed by atoms with Gasteiger partial charge in [-0.15, -0.1) is 0 Å². The van der Waals surface area contributed by atoms with Crippen molar-refractivity contribution in [2.75, 3.05) is 0 Å². The summed E-state index contributed by atoms with van der Waals surface area (Å²) in [5.74, 6) is 1.95. The van der Waals surface area contributed by atoms with Gasteiger partial charge in [-0.1, -0.05) is 31.9 Å². The van der Waals surface area contributed by atoms with E-state index in [1.165, 1.54) is 32.1 Å². The topological polar surface area (TPSA) is 0 Å². The molecule has 0 nitrogen and oxygen atoms in total. The van der Waals surface area contributed by atoms with E-state index >= 15 is 0 Å². The van der Waals surface area contributed by atoms with E-state index in [1.807, 2.05) is 5.57 Å². The molecule has 0 aromatic rings. The van der Waals surface area contributed by atoms with Gasteiger partial charge in [-0.3, -0.25) is 0 Å². The Labute approximate surface area is 94.1 Å². The fourth-order valence-corrected chi connectivity index (χ4v) is 5.28. The van der Waals surface area contributed by atoms with Gasteiger partial charge in [0.05, 0.1) is 0 Å². The first-order valence-corrected chi connectivity index (χ1v) is 6.67. The quantitative estimate of drug-likeness (QED) is 0.507. The lowest BCUT2D eigenvalue weighted by Crippen LogP contribution is -2.30. The van der Waals surface area contributed by atoms with Crippen LogP contribution in [0.15, 0.2) is 11.1 Å². The zero-order chi connectivity index (χ0) is 10.8. The molecule has 2 fully saturated rings. The van der Waals surface area contributed by atoms with Crippen molar-refractivity contribution in [2.24, 2.45) is 22.7 Å². The van der Waals surface area contributed by atoms with Gasteiger partial charge in [0, 0.05) is 0 Å². The molecule has 3 rings (SSSR count). The summed E-state index contributed by atoms with van der Waals surface area (Å²) in [6.07, 6.45) is 7.24. The smallest absolute Gasteiger partial charge is 0.00232 e. The molecule has 3 aliphatic rings. The number of rotatable bonds is 0. The lowest BCUT2D eigenvalue weighted by atomic mass is 9.68. The van der Waals surface area contributed by atoms with Crippen LogP contribution in [0.4, 0.5) is 0 Å². The minimum absolute atomic E-state index is 0.585. The van der Waals surface area contributed by atoms with Crippen molar-refractivity contribution in [3.05, 3.63) is 11.1 Å². The Bertz CT molecular complexity index is 334. The molecule has 3 unspecified atom stereocenters. The fourth-order valence-electron chi connectivity index (χ4n) is 5.28. The van der Waals surface area contributed by atoms with Crippen LogP contribution in [-0.4, -0.2) is 0 Å². The van der Waals surface area contributed by atoms with Crippen LogP contribution in [0.1, 0.15) is 59.8 Å². The van der Waals surface area contributed by atoms with Crippen LogP contribution >= 0.6 is 0 Å². The Kier molecular flexibility index (Phi) is 1.79. The highest BCUT2D eigenvalue weighted by Crippen LogP contribution is 2.71. The van der Waals surface area contributed by atoms with Gasteiger partial charge in [0.25, 0.3) is 0 Å². The first kappa shape index (κ1) is 9.93. The second-order valence-corrected chi connectivity index (χ2v) is 7.00. The summed E-state index contributed by atoms with van der Waals surface area (Å²) in [5, 5.41) is 0. The van der Waals surface area contributed by atoms with Crippen molar-refractivity contribution in [1.82, 2.24) is 0 Å². The Morgan fingerprint density at radius 3 is 2.67 bits per heavy atom. The lowest BCUT2D eigenvalue weighted by Gasteiger charge is -2.36. The van der Waals surface area contributed by atoms with E-state index in [1.54, 1.807) is 5.57 Å². The van der Waals surface area contributed by atoms with Gasteiger partial charge in [-0.25, -0.2) is 0 Å². The van der Waals surface area contributed by atoms with E-state index in [4.69, 9.17) is 0 Å². The average Bonchev–Trinajstić information content (AvgIpc) is 2.70. The Morgan fingerprint density at radius 1 is 1.20 bits per heavy atom. The highest BCUT2D eigenvalue weighted by Gasteiger charge is 2.62. The standard InChI is InChI=1S/C15H24/c1-10-7-8-15-11(2)5-6-13(15)14(3,4)9-12(10)15/h11,13H,5-9H2,1-4H3. The molecule has 2 saturated carbocycles. The van der Waals surface area contributed by atoms with Gasteiger partial charge in [0.1, 0.15) is 0 Å². The molecule has 0 aliphatic heterocycles. The molecule has 0 heterocycles. The molecule has 84 valence electrons. The van der Waals surface area contributed by atoms with Crippen LogP contribution in [0, 0.1) is 22.7 Å². The van der Waals surface area contributed by atoms with Crippen LogP contribution in [0.3, 0.4) is 0 Å². The van der Waals surface area contributed by atoms with E-state index in [-0.39, 0.29) is 0 Å². The second kappa shape index (κ2) is 2.70. The van der Waals surface area contributed by atoms with E-state index in [0.717, 1.165) is 11.8 Å². The van der Waals surface area contributed by atoms with E-state index in [9.17, 15) is 0 Å². The van der Waals surface area contributed by atoms with Crippen molar-refractivity contribution >= 4 is 0 Å². The van der Waals surface area contributed by atoms with E-state index < -0.39 is 0 Å². The predicted molar refractivity (Wildman–Crippen MR) is 64.7 cm³/mol. The molecule has 0 radical (unpaired) electrons. The van der Waals surface area contributed by atoms with Gasteiger partial charge in [0.2, 0.25) is 0 Å². The predicted octanol–water partition coefficient (Wildman–Crippen LogP) is 4.56. The molecule has 0 amide bonds. The summed E-state index contributed by atoms with van der Waals surface area (Å²) < 4.78 is 0. The third kappa shape index (κ3) is 0.990. The van der Waals surface area contributed by atoms with Crippen molar-refractivity contribution in [2.45, 2.75) is 59.8 Å². The summed E-state index contributed by atoms with van der Waals surface area (Å²) in [5.41, 5.74) is 4.89. The summed E-state index contributed by atoms with van der Waals surface area (Å²) in [7, 11) is 0. The molecule has 3 atom stereocenters. The van der Waals surface area contributed by atoms with Crippen LogP contribution in [-0.2, 0) is 0 Å². The molecule has 0 saturated heterocycles. The van der Waals surface area contributed by atoms with Gasteiger partial charge in [0.15, 0.2) is 0 Å². The molecule has 0 heteroatoms. The highest BCUT2D eigenvalue weighted by molar-refractivity contribution is 5.37. The van der Waals surface area contributed by atoms with Crippen molar-refractivity contribution in [3.8, 4) is 0 Å². The number of allylic oxidation sites excluding steroid dienone is 2. The van der Waals surface area contributed by atoms with Gasteiger partial charge >= 0.3 is 0 Å². The molecule has 0 aromatic heterocycles. The van der Waals surface area contributed by atoms with Gasteiger partial charge < -0.3 is 0 Å². The van der Waals surface area contributed by atoms with E-state index in [0.29, 0.717) is 10.8 Å². The number of hydrogen-bond donors (Lipinski definition) is 0. The minimum Gasteiger partial charge on any atom is -0.0735 e. The highest BCUT2D eigenvalue weighted by atomic mass is 14.7. The molecular formula is C15H24. The van der Waals surface area contributed by atoms with Crippen LogP contribution < -0.4 is 0 Å². The minimum atomic E-state index is 0.585. The Hall–Kier alpha value is -0.260. The zero-order valence-electron chi connectivity index (χ0n) is 10.7. The largest absolute Gasteiger partial charge is 0.0735 e. The summed E-state index contributed by atoms with van der Waals surface area (Å²) in [6.45, 7) is 9.93. The summed E-state index contributed by atoms with van der Waals surface area (Å²) in [4.78, 5) is 0. The van der Waals surface area contributed by atoms with Crippen LogP contribution in [0.25, 0.3) is 0 Å². The molecule has 0 bridgehead atoms. The maximum atomic E-state index is 2.51. The maximum Gasteiger partial charge on any atom is -0.00232 e. The third-order valence-corrected chi connectivity index (χ3v) is 5.96. The van der Waals surface area contributed by atoms with Crippen LogP contribution in [0.5, 0.6) is 0 Å². The molecular weight excluding hydrogens is 180 g/mol. The first-order valence-electron chi connectivity index (χ1n) is 6.67.